The number of hydrogen-bond donors (Lipinski definition) is 1. The van der Waals surface area contributed by atoms with Gasteiger partial charge in [-0.2, -0.15) is 0 Å². The van der Waals surface area contributed by atoms with E-state index in [9.17, 15) is 9.59 Å². The smallest absolute Gasteiger partial charge is 0.249 e. The zero-order valence-corrected chi connectivity index (χ0v) is 19.5. The molecule has 2 heterocycles. The molecule has 0 radical (unpaired) electrons. The molecule has 0 spiro atoms. The fourth-order valence-corrected chi connectivity index (χ4v) is 4.80. The second kappa shape index (κ2) is 8.65. The number of benzodiazepines with no additional fused rings is 1. The molecular weight excluding hydrogens is 457 g/mol. The maximum atomic E-state index is 13.1. The number of carbonyl (C=O) groups is 2. The van der Waals surface area contributed by atoms with Crippen molar-refractivity contribution in [2.45, 2.75) is 25.8 Å². The van der Waals surface area contributed by atoms with E-state index in [-0.39, 0.29) is 11.8 Å². The van der Waals surface area contributed by atoms with Crippen molar-refractivity contribution in [1.82, 2.24) is 0 Å². The first kappa shape index (κ1) is 21.7. The highest BCUT2D eigenvalue weighted by Gasteiger charge is 2.30. The summed E-state index contributed by atoms with van der Waals surface area (Å²) in [6, 6.07) is 18.0. The Kier molecular flexibility index (Phi) is 5.69. The molecule has 5 rings (SSSR count). The van der Waals surface area contributed by atoms with Crippen molar-refractivity contribution < 1.29 is 9.59 Å². The van der Waals surface area contributed by atoms with Crippen molar-refractivity contribution in [2.24, 2.45) is 4.99 Å². The number of benzene rings is 3. The van der Waals surface area contributed by atoms with Gasteiger partial charge in [-0.15, -0.1) is 0 Å². The van der Waals surface area contributed by atoms with Crippen LogP contribution in [-0.2, 0) is 22.4 Å². The molecule has 1 N–H and O–H groups in total. The van der Waals surface area contributed by atoms with E-state index in [4.69, 9.17) is 28.2 Å². The zero-order valence-electron chi connectivity index (χ0n) is 17.9. The van der Waals surface area contributed by atoms with Gasteiger partial charge in [0.05, 0.1) is 17.8 Å². The molecule has 166 valence electrons. The third kappa shape index (κ3) is 4.03. The van der Waals surface area contributed by atoms with E-state index in [0.717, 1.165) is 27.9 Å². The molecule has 7 heteroatoms. The molecule has 5 nitrogen and oxygen atoms in total. The van der Waals surface area contributed by atoms with Crippen LogP contribution in [0.3, 0.4) is 0 Å². The number of carbonyl (C=O) groups excluding carboxylic acids is 2. The Balaban J connectivity index is 1.65. The SMILES string of the molecule is CCN1C(=O)Cc2ccc(C3=NC(Cc4ccccc4Cl)C(=O)Nc4ccc(Cl)cc43)cc21. The van der Waals surface area contributed by atoms with Gasteiger partial charge in [-0.05, 0) is 48.4 Å². The maximum Gasteiger partial charge on any atom is 0.249 e. The van der Waals surface area contributed by atoms with Crippen molar-refractivity contribution in [3.63, 3.8) is 0 Å². The summed E-state index contributed by atoms with van der Waals surface area (Å²) in [5.41, 5.74) is 5.60. The monoisotopic (exact) mass is 477 g/mol. The van der Waals surface area contributed by atoms with E-state index < -0.39 is 6.04 Å². The van der Waals surface area contributed by atoms with Gasteiger partial charge in [0, 0.05) is 39.8 Å². The van der Waals surface area contributed by atoms with Crippen molar-refractivity contribution in [1.29, 1.82) is 0 Å². The summed E-state index contributed by atoms with van der Waals surface area (Å²) < 4.78 is 0. The minimum atomic E-state index is -0.678. The second-order valence-corrected chi connectivity index (χ2v) is 8.97. The van der Waals surface area contributed by atoms with Crippen LogP contribution in [0.25, 0.3) is 0 Å². The topological polar surface area (TPSA) is 61.8 Å². The van der Waals surface area contributed by atoms with Crippen molar-refractivity contribution in [2.75, 3.05) is 16.8 Å². The highest BCUT2D eigenvalue weighted by Crippen LogP contribution is 2.33. The molecular formula is C26H21Cl2N3O2. The molecule has 0 fully saturated rings. The molecule has 1 atom stereocenters. The van der Waals surface area contributed by atoms with E-state index in [1.165, 1.54) is 0 Å². The van der Waals surface area contributed by atoms with Gasteiger partial charge in [-0.1, -0.05) is 53.5 Å². The van der Waals surface area contributed by atoms with Gasteiger partial charge in [-0.3, -0.25) is 14.6 Å². The fourth-order valence-electron chi connectivity index (χ4n) is 4.41. The van der Waals surface area contributed by atoms with E-state index >= 15 is 0 Å². The van der Waals surface area contributed by atoms with E-state index in [2.05, 4.69) is 5.32 Å². The predicted octanol–water partition coefficient (Wildman–Crippen LogP) is 5.30. The fraction of sp³-hybridized carbons (Fsp3) is 0.192. The summed E-state index contributed by atoms with van der Waals surface area (Å²) in [6.45, 7) is 2.56. The van der Waals surface area contributed by atoms with E-state index in [1.807, 2.05) is 55.5 Å². The minimum Gasteiger partial charge on any atom is -0.324 e. The number of nitrogens with zero attached hydrogens (tertiary/aromatic N) is 2. The number of aliphatic imine (C=N–C) groups is 1. The Morgan fingerprint density at radius 3 is 2.67 bits per heavy atom. The average Bonchev–Trinajstić information content (AvgIpc) is 3.05. The lowest BCUT2D eigenvalue weighted by Crippen LogP contribution is -2.27. The van der Waals surface area contributed by atoms with Gasteiger partial charge in [-0.25, -0.2) is 0 Å². The third-order valence-electron chi connectivity index (χ3n) is 6.06. The largest absolute Gasteiger partial charge is 0.324 e. The van der Waals surface area contributed by atoms with Crippen LogP contribution >= 0.6 is 23.2 Å². The number of nitrogens with one attached hydrogen (secondary N) is 1. The van der Waals surface area contributed by atoms with E-state index in [1.54, 1.807) is 17.0 Å². The molecule has 0 bridgehead atoms. The van der Waals surface area contributed by atoms with Crippen molar-refractivity contribution in [3.05, 3.63) is 93.0 Å². The lowest BCUT2D eigenvalue weighted by atomic mass is 9.98. The molecule has 2 aliphatic rings. The van der Waals surface area contributed by atoms with Gasteiger partial charge >= 0.3 is 0 Å². The van der Waals surface area contributed by atoms with Gasteiger partial charge in [0.2, 0.25) is 11.8 Å². The first-order chi connectivity index (χ1) is 15.9. The molecule has 0 saturated heterocycles. The minimum absolute atomic E-state index is 0.0874. The van der Waals surface area contributed by atoms with Crippen LogP contribution < -0.4 is 10.2 Å². The molecule has 33 heavy (non-hydrogen) atoms. The molecule has 3 aromatic rings. The van der Waals surface area contributed by atoms with Crippen LogP contribution in [0.4, 0.5) is 11.4 Å². The lowest BCUT2D eigenvalue weighted by Gasteiger charge is -2.17. The molecule has 0 saturated carbocycles. The molecule has 0 aromatic heterocycles. The van der Waals surface area contributed by atoms with Gasteiger partial charge in [0.25, 0.3) is 0 Å². The average molecular weight is 478 g/mol. The van der Waals surface area contributed by atoms with Crippen LogP contribution in [0.1, 0.15) is 29.2 Å². The van der Waals surface area contributed by atoms with Crippen molar-refractivity contribution >= 4 is 52.1 Å². The summed E-state index contributed by atoms with van der Waals surface area (Å²) in [4.78, 5) is 32.2. The molecule has 1 unspecified atom stereocenters. The first-order valence-corrected chi connectivity index (χ1v) is 11.6. The molecule has 2 aliphatic heterocycles. The number of amides is 2. The van der Waals surface area contributed by atoms with Gasteiger partial charge < -0.3 is 10.2 Å². The van der Waals surface area contributed by atoms with Crippen LogP contribution in [0.15, 0.2) is 65.7 Å². The third-order valence-corrected chi connectivity index (χ3v) is 6.67. The number of likely N-dealkylation sites (N-methyl/N-ethyl adjacent to an activating group) is 1. The van der Waals surface area contributed by atoms with Crippen molar-refractivity contribution in [3.8, 4) is 0 Å². The Morgan fingerprint density at radius 2 is 1.88 bits per heavy atom. The highest BCUT2D eigenvalue weighted by molar-refractivity contribution is 6.32. The van der Waals surface area contributed by atoms with Crippen LogP contribution in [0.2, 0.25) is 10.0 Å². The highest BCUT2D eigenvalue weighted by atomic mass is 35.5. The Morgan fingerprint density at radius 1 is 1.06 bits per heavy atom. The van der Waals surface area contributed by atoms with E-state index in [0.29, 0.717) is 40.8 Å². The first-order valence-electron chi connectivity index (χ1n) is 10.8. The predicted molar refractivity (Wildman–Crippen MR) is 133 cm³/mol. The lowest BCUT2D eigenvalue weighted by molar-refractivity contribution is -0.118. The van der Waals surface area contributed by atoms with Gasteiger partial charge in [0.1, 0.15) is 6.04 Å². The van der Waals surface area contributed by atoms with Gasteiger partial charge in [0.15, 0.2) is 0 Å². The summed E-state index contributed by atoms with van der Waals surface area (Å²) in [6.07, 6.45) is 0.759. The Hall–Kier alpha value is -3.15. The normalized spacial score (nSPS) is 17.2. The zero-order chi connectivity index (χ0) is 23.1. The quantitative estimate of drug-likeness (QED) is 0.553. The number of rotatable bonds is 4. The molecule has 3 aromatic carbocycles. The second-order valence-electron chi connectivity index (χ2n) is 8.13. The standard InChI is InChI=1S/C26H21Cl2N3O2/c1-2-31-23-12-17(8-7-16(23)13-24(31)32)25-19-14-18(27)9-10-21(19)30-26(33)22(29-25)11-15-5-3-4-6-20(15)28/h3-10,12,14,22H,2,11,13H2,1H3,(H,30,33). The number of hydrogen-bond acceptors (Lipinski definition) is 3. The van der Waals surface area contributed by atoms with Crippen LogP contribution in [0, 0.1) is 0 Å². The van der Waals surface area contributed by atoms with Crippen LogP contribution in [-0.4, -0.2) is 30.1 Å². The summed E-state index contributed by atoms with van der Waals surface area (Å²) in [7, 11) is 0. The molecule has 2 amide bonds. The molecule has 0 aliphatic carbocycles. The maximum absolute atomic E-state index is 13.1. The summed E-state index contributed by atoms with van der Waals surface area (Å²) in [5.74, 6) is -0.121. The number of fused-ring (bicyclic) bond motifs is 2. The van der Waals surface area contributed by atoms with Crippen LogP contribution in [0.5, 0.6) is 0 Å². The number of halogens is 2. The summed E-state index contributed by atoms with van der Waals surface area (Å²) in [5, 5.41) is 4.15. The Labute approximate surface area is 202 Å². The summed E-state index contributed by atoms with van der Waals surface area (Å²) >= 11 is 12.7. The number of anilines is 2. The Bertz CT molecular complexity index is 1320.